The van der Waals surface area contributed by atoms with E-state index in [4.69, 9.17) is 4.74 Å². The topological polar surface area (TPSA) is 70.6 Å². The van der Waals surface area contributed by atoms with E-state index in [1.54, 1.807) is 0 Å². The van der Waals surface area contributed by atoms with Crippen molar-refractivity contribution in [3.63, 3.8) is 0 Å². The fourth-order valence-corrected chi connectivity index (χ4v) is 2.42. The molecule has 122 valence electrons. The Hall–Kier alpha value is -1.59. The average molecular weight is 306 g/mol. The highest BCUT2D eigenvalue weighted by Crippen LogP contribution is 2.30. The molecule has 0 radical (unpaired) electrons. The first-order valence-electron chi connectivity index (χ1n) is 8.00. The fraction of sp³-hybridized carbons (Fsp3) is 0.588. The molecule has 22 heavy (non-hydrogen) atoms. The second-order valence-corrected chi connectivity index (χ2v) is 5.96. The summed E-state index contributed by atoms with van der Waals surface area (Å²) < 4.78 is 5.74. The van der Waals surface area contributed by atoms with Gasteiger partial charge in [0.25, 0.3) is 0 Å². The van der Waals surface area contributed by atoms with Crippen molar-refractivity contribution < 1.29 is 14.6 Å². The van der Waals surface area contributed by atoms with Crippen LogP contribution >= 0.6 is 0 Å². The van der Waals surface area contributed by atoms with Gasteiger partial charge >= 0.3 is 6.03 Å². The van der Waals surface area contributed by atoms with Crippen molar-refractivity contribution in [2.24, 2.45) is 0 Å². The van der Waals surface area contributed by atoms with E-state index in [1.807, 2.05) is 37.3 Å². The monoisotopic (exact) mass is 306 g/mol. The van der Waals surface area contributed by atoms with Crippen LogP contribution in [0, 0.1) is 0 Å². The molecule has 0 spiro atoms. The van der Waals surface area contributed by atoms with Crippen molar-refractivity contribution >= 4 is 6.03 Å². The number of rotatable bonds is 8. The van der Waals surface area contributed by atoms with Crippen molar-refractivity contribution in [1.29, 1.82) is 0 Å². The molecule has 1 aliphatic rings. The lowest BCUT2D eigenvalue weighted by Crippen LogP contribution is -2.50. The molecule has 2 rings (SSSR count). The van der Waals surface area contributed by atoms with Crippen LogP contribution in [0.2, 0.25) is 0 Å². The summed E-state index contributed by atoms with van der Waals surface area (Å²) in [6.45, 7) is 3.52. The highest BCUT2D eigenvalue weighted by Gasteiger charge is 2.34. The number of aliphatic hydroxyl groups is 1. The predicted octanol–water partition coefficient (Wildman–Crippen LogP) is 2.37. The van der Waals surface area contributed by atoms with E-state index < -0.39 is 5.60 Å². The predicted molar refractivity (Wildman–Crippen MR) is 85.6 cm³/mol. The van der Waals surface area contributed by atoms with Crippen LogP contribution in [0.15, 0.2) is 30.3 Å². The molecule has 5 nitrogen and oxygen atoms in total. The highest BCUT2D eigenvalue weighted by atomic mass is 16.5. The van der Waals surface area contributed by atoms with Gasteiger partial charge < -0.3 is 20.5 Å². The zero-order valence-electron chi connectivity index (χ0n) is 13.2. The van der Waals surface area contributed by atoms with Gasteiger partial charge in [0.05, 0.1) is 11.7 Å². The van der Waals surface area contributed by atoms with E-state index in [0.29, 0.717) is 19.7 Å². The van der Waals surface area contributed by atoms with Crippen LogP contribution < -0.4 is 10.6 Å². The lowest BCUT2D eigenvalue weighted by atomic mass is 9.80. The van der Waals surface area contributed by atoms with Crippen molar-refractivity contribution in [1.82, 2.24) is 10.6 Å². The fourth-order valence-electron chi connectivity index (χ4n) is 2.42. The van der Waals surface area contributed by atoms with Crippen LogP contribution in [-0.4, -0.2) is 36.4 Å². The Bertz CT molecular complexity index is 460. The van der Waals surface area contributed by atoms with Crippen molar-refractivity contribution in [3.05, 3.63) is 35.9 Å². The maximum atomic E-state index is 11.6. The molecular formula is C17H26N2O3. The van der Waals surface area contributed by atoms with Crippen LogP contribution in [0.4, 0.5) is 4.79 Å². The molecule has 0 heterocycles. The van der Waals surface area contributed by atoms with Gasteiger partial charge in [0.15, 0.2) is 0 Å². The number of carbonyl (C=O) groups excluding carboxylic acids is 1. The summed E-state index contributed by atoms with van der Waals surface area (Å²) in [6.07, 6.45) is 3.41. The van der Waals surface area contributed by atoms with Crippen LogP contribution in [-0.2, 0) is 4.74 Å². The molecule has 1 aromatic rings. The van der Waals surface area contributed by atoms with Crippen molar-refractivity contribution in [3.8, 4) is 0 Å². The highest BCUT2D eigenvalue weighted by molar-refractivity contribution is 5.73. The zero-order chi connectivity index (χ0) is 15.8. The molecule has 5 heteroatoms. The standard InChI is InChI=1S/C17H26N2O3/c1-14(15-7-3-2-4-8-15)22-12-6-11-18-16(20)19-13-17(21)9-5-10-17/h2-4,7-8,14,21H,5-6,9-13H2,1H3,(H2,18,19,20). The molecular weight excluding hydrogens is 280 g/mol. The molecule has 2 amide bonds. The SMILES string of the molecule is CC(OCCCNC(=O)NCC1(O)CCC1)c1ccccc1. The van der Waals surface area contributed by atoms with Gasteiger partial charge in [-0.25, -0.2) is 4.79 Å². The minimum Gasteiger partial charge on any atom is -0.388 e. The molecule has 1 atom stereocenters. The van der Waals surface area contributed by atoms with Crippen molar-refractivity contribution in [2.75, 3.05) is 19.7 Å². The quantitative estimate of drug-likeness (QED) is 0.646. The average Bonchev–Trinajstić information content (AvgIpc) is 2.51. The lowest BCUT2D eigenvalue weighted by molar-refractivity contribution is -0.0290. The zero-order valence-corrected chi connectivity index (χ0v) is 13.2. The number of ether oxygens (including phenoxy) is 1. The molecule has 3 N–H and O–H groups in total. The third-order valence-electron chi connectivity index (χ3n) is 4.11. The largest absolute Gasteiger partial charge is 0.388 e. The lowest BCUT2D eigenvalue weighted by Gasteiger charge is -2.36. The van der Waals surface area contributed by atoms with Crippen molar-refractivity contribution in [2.45, 2.75) is 44.3 Å². The Morgan fingerprint density at radius 3 is 2.68 bits per heavy atom. The Balaban J connectivity index is 1.51. The molecule has 0 aliphatic heterocycles. The van der Waals surface area contributed by atoms with E-state index in [0.717, 1.165) is 31.2 Å². The minimum absolute atomic E-state index is 0.0582. The van der Waals surface area contributed by atoms with E-state index in [1.165, 1.54) is 0 Å². The van der Waals surface area contributed by atoms with Gasteiger partial charge in [-0.15, -0.1) is 0 Å². The van der Waals surface area contributed by atoms with Gasteiger partial charge in [-0.1, -0.05) is 30.3 Å². The molecule has 1 saturated carbocycles. The van der Waals surface area contributed by atoms with Crippen LogP contribution in [0.25, 0.3) is 0 Å². The first kappa shape index (κ1) is 16.8. The Morgan fingerprint density at radius 1 is 1.32 bits per heavy atom. The Morgan fingerprint density at radius 2 is 2.05 bits per heavy atom. The molecule has 0 saturated heterocycles. The second-order valence-electron chi connectivity index (χ2n) is 5.96. The molecule has 0 bridgehead atoms. The Kier molecular flexibility index (Phi) is 6.21. The van der Waals surface area contributed by atoms with Gasteiger partial charge in [-0.05, 0) is 38.2 Å². The van der Waals surface area contributed by atoms with E-state index in [-0.39, 0.29) is 12.1 Å². The summed E-state index contributed by atoms with van der Waals surface area (Å²) in [6, 6.07) is 9.84. The van der Waals surface area contributed by atoms with Crippen LogP contribution in [0.3, 0.4) is 0 Å². The van der Waals surface area contributed by atoms with E-state index in [2.05, 4.69) is 10.6 Å². The first-order chi connectivity index (χ1) is 10.6. The van der Waals surface area contributed by atoms with Gasteiger partial charge in [0.2, 0.25) is 0 Å². The summed E-state index contributed by atoms with van der Waals surface area (Å²) in [5.74, 6) is 0. The molecule has 1 aliphatic carbocycles. The summed E-state index contributed by atoms with van der Waals surface area (Å²) in [5.41, 5.74) is 0.480. The van der Waals surface area contributed by atoms with Crippen LogP contribution in [0.5, 0.6) is 0 Å². The van der Waals surface area contributed by atoms with Gasteiger partial charge in [-0.2, -0.15) is 0 Å². The Labute approximate surface area is 132 Å². The molecule has 1 unspecified atom stereocenters. The smallest absolute Gasteiger partial charge is 0.314 e. The van der Waals surface area contributed by atoms with Gasteiger partial charge in [0, 0.05) is 19.7 Å². The normalized spacial score (nSPS) is 17.4. The maximum absolute atomic E-state index is 11.6. The minimum atomic E-state index is -0.675. The summed E-state index contributed by atoms with van der Waals surface area (Å²) in [7, 11) is 0. The number of hydrogen-bond donors (Lipinski definition) is 3. The van der Waals surface area contributed by atoms with Crippen LogP contribution in [0.1, 0.15) is 44.3 Å². The molecule has 1 aromatic carbocycles. The number of carbonyl (C=O) groups is 1. The molecule has 1 fully saturated rings. The van der Waals surface area contributed by atoms with E-state index >= 15 is 0 Å². The first-order valence-corrected chi connectivity index (χ1v) is 8.00. The third-order valence-corrected chi connectivity index (χ3v) is 4.11. The number of benzene rings is 1. The number of nitrogens with one attached hydrogen (secondary N) is 2. The second kappa shape index (κ2) is 8.15. The van der Waals surface area contributed by atoms with Gasteiger partial charge in [0.1, 0.15) is 0 Å². The number of hydrogen-bond acceptors (Lipinski definition) is 3. The summed E-state index contributed by atoms with van der Waals surface area (Å²) in [4.78, 5) is 11.6. The van der Waals surface area contributed by atoms with E-state index in [9.17, 15) is 9.90 Å². The summed E-state index contributed by atoms with van der Waals surface area (Å²) in [5, 5.41) is 15.4. The maximum Gasteiger partial charge on any atom is 0.314 e. The number of urea groups is 1. The van der Waals surface area contributed by atoms with Gasteiger partial charge in [-0.3, -0.25) is 0 Å². The summed E-state index contributed by atoms with van der Waals surface area (Å²) >= 11 is 0. The number of amides is 2. The third kappa shape index (κ3) is 5.31. The molecule has 0 aromatic heterocycles.